The van der Waals surface area contributed by atoms with E-state index in [1.807, 2.05) is 0 Å². The second kappa shape index (κ2) is 6.38. The highest BCUT2D eigenvalue weighted by atomic mass is 19.2. The number of hydrogen-bond acceptors (Lipinski definition) is 2. The average Bonchev–Trinajstić information content (AvgIpc) is 2.99. The van der Waals surface area contributed by atoms with Gasteiger partial charge >= 0.3 is 0 Å². The minimum atomic E-state index is -2.24. The molecule has 1 saturated heterocycles. The molecule has 1 aliphatic heterocycles. The Morgan fingerprint density at radius 2 is 1.62 bits per heavy atom. The lowest BCUT2D eigenvalue weighted by molar-refractivity contribution is -0.121. The molecule has 3 nitrogen and oxygen atoms in total. The van der Waals surface area contributed by atoms with Crippen molar-refractivity contribution in [2.45, 2.75) is 25.4 Å². The highest BCUT2D eigenvalue weighted by Crippen LogP contribution is 2.23. The maximum atomic E-state index is 13.4. The standard InChI is InChI=1S/C13H12F5NO2/c14-9-7(10(15)12(17)13(18)11(9)16)4-8(20)19-5-6-2-1-3-21-6/h6H,1-5H2,(H,19,20). The van der Waals surface area contributed by atoms with Crippen LogP contribution in [0.1, 0.15) is 18.4 Å². The molecule has 1 aliphatic rings. The zero-order valence-corrected chi connectivity index (χ0v) is 10.8. The summed E-state index contributed by atoms with van der Waals surface area (Å²) in [5.41, 5.74) is -1.14. The van der Waals surface area contributed by atoms with Crippen LogP contribution in [-0.2, 0) is 16.0 Å². The Hall–Kier alpha value is -1.70. The van der Waals surface area contributed by atoms with Crippen molar-refractivity contribution in [1.29, 1.82) is 0 Å². The van der Waals surface area contributed by atoms with Crippen molar-refractivity contribution in [3.8, 4) is 0 Å². The second-order valence-electron chi connectivity index (χ2n) is 4.66. The van der Waals surface area contributed by atoms with E-state index in [4.69, 9.17) is 4.74 Å². The van der Waals surface area contributed by atoms with Crippen LogP contribution in [0.4, 0.5) is 22.0 Å². The molecule has 1 aromatic carbocycles. The predicted octanol–water partition coefficient (Wildman–Crippen LogP) is 2.22. The Bertz CT molecular complexity index is 529. The summed E-state index contributed by atoms with van der Waals surface area (Å²) < 4.78 is 70.8. The van der Waals surface area contributed by atoms with Gasteiger partial charge in [0.05, 0.1) is 12.5 Å². The molecule has 1 amide bonds. The molecule has 21 heavy (non-hydrogen) atoms. The molecule has 0 aliphatic carbocycles. The fourth-order valence-electron chi connectivity index (χ4n) is 2.06. The van der Waals surface area contributed by atoms with Crippen LogP contribution in [-0.4, -0.2) is 25.2 Å². The van der Waals surface area contributed by atoms with Crippen molar-refractivity contribution in [3.63, 3.8) is 0 Å². The van der Waals surface area contributed by atoms with Crippen LogP contribution >= 0.6 is 0 Å². The molecule has 1 unspecified atom stereocenters. The zero-order valence-electron chi connectivity index (χ0n) is 10.8. The van der Waals surface area contributed by atoms with Gasteiger partial charge in [0.25, 0.3) is 0 Å². The molecule has 0 radical (unpaired) electrons. The van der Waals surface area contributed by atoms with Crippen LogP contribution in [0, 0.1) is 29.1 Å². The molecule has 1 atom stereocenters. The normalized spacial score (nSPS) is 18.0. The highest BCUT2D eigenvalue weighted by Gasteiger charge is 2.27. The first-order valence-electron chi connectivity index (χ1n) is 6.30. The van der Waals surface area contributed by atoms with Crippen LogP contribution < -0.4 is 5.32 Å². The number of rotatable bonds is 4. The van der Waals surface area contributed by atoms with Gasteiger partial charge in [-0.25, -0.2) is 22.0 Å². The number of ether oxygens (including phenoxy) is 1. The van der Waals surface area contributed by atoms with E-state index < -0.39 is 47.0 Å². The minimum absolute atomic E-state index is 0.133. The summed E-state index contributed by atoms with van der Waals surface area (Å²) in [6.07, 6.45) is 0.463. The Kier molecular flexibility index (Phi) is 4.76. The molecule has 2 rings (SSSR count). The molecule has 116 valence electrons. The van der Waals surface area contributed by atoms with E-state index in [1.165, 1.54) is 0 Å². The molecule has 1 aromatic rings. The zero-order chi connectivity index (χ0) is 15.6. The average molecular weight is 309 g/mol. The second-order valence-corrected chi connectivity index (χ2v) is 4.66. The summed E-state index contributed by atoms with van der Waals surface area (Å²) in [6, 6.07) is 0. The van der Waals surface area contributed by atoms with E-state index in [0.717, 1.165) is 12.8 Å². The Morgan fingerprint density at radius 3 is 2.14 bits per heavy atom. The van der Waals surface area contributed by atoms with E-state index in [0.29, 0.717) is 6.61 Å². The Morgan fingerprint density at radius 1 is 1.05 bits per heavy atom. The quantitative estimate of drug-likeness (QED) is 0.526. The van der Waals surface area contributed by atoms with Gasteiger partial charge in [-0.3, -0.25) is 4.79 Å². The van der Waals surface area contributed by atoms with Crippen molar-refractivity contribution in [2.24, 2.45) is 0 Å². The summed E-state index contributed by atoms with van der Waals surface area (Å²) in [7, 11) is 0. The molecule has 1 heterocycles. The summed E-state index contributed by atoms with van der Waals surface area (Å²) in [4.78, 5) is 11.5. The van der Waals surface area contributed by atoms with Gasteiger partial charge in [-0.15, -0.1) is 0 Å². The number of hydrogen-bond donors (Lipinski definition) is 1. The summed E-state index contributed by atoms with van der Waals surface area (Å²) in [5.74, 6) is -11.2. The van der Waals surface area contributed by atoms with Crippen molar-refractivity contribution in [1.82, 2.24) is 5.32 Å². The van der Waals surface area contributed by atoms with E-state index in [1.54, 1.807) is 0 Å². The molecule has 0 spiro atoms. The van der Waals surface area contributed by atoms with Gasteiger partial charge in [0, 0.05) is 18.7 Å². The predicted molar refractivity (Wildman–Crippen MR) is 61.9 cm³/mol. The van der Waals surface area contributed by atoms with Crippen LogP contribution in [0.15, 0.2) is 0 Å². The van der Waals surface area contributed by atoms with Gasteiger partial charge in [-0.2, -0.15) is 0 Å². The van der Waals surface area contributed by atoms with Crippen LogP contribution in [0.25, 0.3) is 0 Å². The lowest BCUT2D eigenvalue weighted by Crippen LogP contribution is -2.33. The fraction of sp³-hybridized carbons (Fsp3) is 0.462. The van der Waals surface area contributed by atoms with E-state index >= 15 is 0 Å². The Balaban J connectivity index is 2.06. The molecule has 0 aromatic heterocycles. The Labute approximate surface area is 117 Å². The first kappa shape index (κ1) is 15.7. The smallest absolute Gasteiger partial charge is 0.224 e. The largest absolute Gasteiger partial charge is 0.376 e. The topological polar surface area (TPSA) is 38.3 Å². The van der Waals surface area contributed by atoms with Gasteiger partial charge in [0.15, 0.2) is 23.3 Å². The number of nitrogens with one attached hydrogen (secondary N) is 1. The van der Waals surface area contributed by atoms with Crippen LogP contribution in [0.3, 0.4) is 0 Å². The molecule has 8 heteroatoms. The fourth-order valence-corrected chi connectivity index (χ4v) is 2.06. The number of benzene rings is 1. The molecule has 1 N–H and O–H groups in total. The first-order chi connectivity index (χ1) is 9.91. The van der Waals surface area contributed by atoms with Crippen molar-refractivity contribution >= 4 is 5.91 Å². The van der Waals surface area contributed by atoms with Crippen molar-refractivity contribution in [3.05, 3.63) is 34.6 Å². The summed E-state index contributed by atoms with van der Waals surface area (Å²) >= 11 is 0. The summed E-state index contributed by atoms with van der Waals surface area (Å²) in [5, 5.41) is 2.35. The van der Waals surface area contributed by atoms with E-state index in [2.05, 4.69) is 5.32 Å². The SMILES string of the molecule is O=C(Cc1c(F)c(F)c(F)c(F)c1F)NCC1CCCO1. The third-order valence-electron chi connectivity index (χ3n) is 3.19. The van der Waals surface area contributed by atoms with E-state index in [9.17, 15) is 26.7 Å². The number of carbonyl (C=O) groups excluding carboxylic acids is 1. The third-order valence-corrected chi connectivity index (χ3v) is 3.19. The molecule has 0 saturated carbocycles. The maximum Gasteiger partial charge on any atom is 0.224 e. The molecule has 0 bridgehead atoms. The number of amides is 1. The van der Waals surface area contributed by atoms with Gasteiger partial charge in [0.1, 0.15) is 0 Å². The van der Waals surface area contributed by atoms with Crippen molar-refractivity contribution < 1.29 is 31.5 Å². The van der Waals surface area contributed by atoms with Crippen LogP contribution in [0.2, 0.25) is 0 Å². The third kappa shape index (κ3) is 3.31. The van der Waals surface area contributed by atoms with Gasteiger partial charge < -0.3 is 10.1 Å². The monoisotopic (exact) mass is 309 g/mol. The van der Waals surface area contributed by atoms with Gasteiger partial charge in [-0.1, -0.05) is 0 Å². The lowest BCUT2D eigenvalue weighted by Gasteiger charge is -2.12. The molecular weight excluding hydrogens is 297 g/mol. The highest BCUT2D eigenvalue weighted by molar-refractivity contribution is 5.78. The van der Waals surface area contributed by atoms with Crippen LogP contribution in [0.5, 0.6) is 0 Å². The first-order valence-corrected chi connectivity index (χ1v) is 6.30. The van der Waals surface area contributed by atoms with Gasteiger partial charge in [0.2, 0.25) is 11.7 Å². The summed E-state index contributed by atoms with van der Waals surface area (Å²) in [6.45, 7) is 0.701. The molecule has 1 fully saturated rings. The maximum absolute atomic E-state index is 13.4. The van der Waals surface area contributed by atoms with Crippen molar-refractivity contribution in [2.75, 3.05) is 13.2 Å². The van der Waals surface area contributed by atoms with E-state index in [-0.39, 0.29) is 12.6 Å². The van der Waals surface area contributed by atoms with Gasteiger partial charge in [-0.05, 0) is 12.8 Å². The lowest BCUT2D eigenvalue weighted by atomic mass is 10.1. The number of carbonyl (C=O) groups is 1. The minimum Gasteiger partial charge on any atom is -0.376 e. The number of halogens is 5. The molecular formula is C13H12F5NO2.